The van der Waals surface area contributed by atoms with Crippen LogP contribution >= 0.6 is 0 Å². The van der Waals surface area contributed by atoms with E-state index in [-0.39, 0.29) is 5.91 Å². The molecular weight excluding hydrogens is 384 g/mol. The normalized spacial score (nSPS) is 13.6. The summed E-state index contributed by atoms with van der Waals surface area (Å²) in [7, 11) is 0. The Bertz CT molecular complexity index is 878. The average Bonchev–Trinajstić information content (AvgIpc) is 2.78. The lowest BCUT2D eigenvalue weighted by molar-refractivity contribution is 0.0504. The maximum Gasteiger partial charge on any atom is 0.340 e. The summed E-state index contributed by atoms with van der Waals surface area (Å²) >= 11 is 0. The topological polar surface area (TPSA) is 77.1 Å². The molecule has 0 unspecified atom stereocenters. The first kappa shape index (κ1) is 21.6. The van der Waals surface area contributed by atoms with E-state index in [2.05, 4.69) is 10.2 Å². The number of carbonyl (C=O) groups excluding carboxylic acids is 2. The number of anilines is 2. The van der Waals surface area contributed by atoms with Crippen LogP contribution in [0.2, 0.25) is 0 Å². The molecule has 3 rings (SSSR count). The fourth-order valence-corrected chi connectivity index (χ4v) is 3.23. The van der Waals surface area contributed by atoms with Crippen LogP contribution < -0.4 is 15.0 Å². The summed E-state index contributed by atoms with van der Waals surface area (Å²) in [6.45, 7) is 7.33. The van der Waals surface area contributed by atoms with Gasteiger partial charge in [-0.25, -0.2) is 4.79 Å². The Morgan fingerprint density at radius 3 is 2.63 bits per heavy atom. The predicted molar refractivity (Wildman–Crippen MR) is 116 cm³/mol. The van der Waals surface area contributed by atoms with Crippen molar-refractivity contribution in [2.75, 3.05) is 49.7 Å². The lowest BCUT2D eigenvalue weighted by atomic mass is 10.1. The minimum absolute atomic E-state index is 0.274. The van der Waals surface area contributed by atoms with Crippen molar-refractivity contribution in [2.24, 2.45) is 0 Å². The fourth-order valence-electron chi connectivity index (χ4n) is 3.23. The van der Waals surface area contributed by atoms with E-state index in [1.54, 1.807) is 36.4 Å². The molecule has 1 aliphatic heterocycles. The molecule has 0 atom stereocenters. The number of rotatable bonds is 8. The molecule has 0 spiro atoms. The highest BCUT2D eigenvalue weighted by Crippen LogP contribution is 2.27. The molecule has 1 amide bonds. The molecule has 0 radical (unpaired) electrons. The Hall–Kier alpha value is -3.06. The second-order valence-corrected chi connectivity index (χ2v) is 6.88. The van der Waals surface area contributed by atoms with Crippen LogP contribution in [-0.4, -0.2) is 51.4 Å². The van der Waals surface area contributed by atoms with Gasteiger partial charge in [0.05, 0.1) is 37.7 Å². The van der Waals surface area contributed by atoms with E-state index >= 15 is 0 Å². The number of ether oxygens (including phenoxy) is 3. The summed E-state index contributed by atoms with van der Waals surface area (Å²) < 4.78 is 16.2. The average molecular weight is 412 g/mol. The van der Waals surface area contributed by atoms with Crippen molar-refractivity contribution in [3.63, 3.8) is 0 Å². The van der Waals surface area contributed by atoms with E-state index in [0.717, 1.165) is 12.1 Å². The van der Waals surface area contributed by atoms with E-state index in [0.29, 0.717) is 62.1 Å². The maximum atomic E-state index is 12.7. The zero-order valence-electron chi connectivity index (χ0n) is 17.5. The van der Waals surface area contributed by atoms with Gasteiger partial charge in [0.1, 0.15) is 5.75 Å². The molecule has 2 aromatic carbocycles. The van der Waals surface area contributed by atoms with Crippen molar-refractivity contribution in [3.05, 3.63) is 53.6 Å². The molecule has 1 aliphatic rings. The van der Waals surface area contributed by atoms with E-state index in [9.17, 15) is 9.59 Å². The molecular formula is C23H28N2O5. The number of nitrogens with zero attached hydrogens (tertiary/aromatic N) is 1. The Balaban J connectivity index is 1.83. The number of hydrogen-bond acceptors (Lipinski definition) is 6. The van der Waals surface area contributed by atoms with Crippen molar-refractivity contribution in [1.82, 2.24) is 0 Å². The van der Waals surface area contributed by atoms with Crippen molar-refractivity contribution < 1.29 is 23.8 Å². The summed E-state index contributed by atoms with van der Waals surface area (Å²) in [6, 6.07) is 12.3. The van der Waals surface area contributed by atoms with Crippen LogP contribution in [0.1, 0.15) is 41.0 Å². The van der Waals surface area contributed by atoms with Gasteiger partial charge in [-0.1, -0.05) is 13.0 Å². The summed E-state index contributed by atoms with van der Waals surface area (Å²) in [4.78, 5) is 27.5. The third kappa shape index (κ3) is 5.51. The number of hydrogen-bond donors (Lipinski definition) is 1. The number of benzene rings is 2. The standard InChI is InChI=1S/C23H28N2O5/c1-3-12-30-23(27)20-16-18(8-9-21(20)25-10-13-28-14-11-25)24-22(26)17-6-5-7-19(15-17)29-4-2/h5-9,15-16H,3-4,10-14H2,1-2H3,(H,24,26). The molecule has 7 heteroatoms. The second-order valence-electron chi connectivity index (χ2n) is 6.88. The van der Waals surface area contributed by atoms with Crippen LogP contribution in [0.25, 0.3) is 0 Å². The van der Waals surface area contributed by atoms with E-state index in [1.807, 2.05) is 19.9 Å². The Morgan fingerprint density at radius 1 is 1.10 bits per heavy atom. The molecule has 2 aromatic rings. The molecule has 160 valence electrons. The van der Waals surface area contributed by atoms with Crippen molar-refractivity contribution in [1.29, 1.82) is 0 Å². The Morgan fingerprint density at radius 2 is 1.90 bits per heavy atom. The van der Waals surface area contributed by atoms with Gasteiger partial charge in [-0.2, -0.15) is 0 Å². The summed E-state index contributed by atoms with van der Waals surface area (Å²) in [5.41, 5.74) is 2.23. The van der Waals surface area contributed by atoms with Crippen LogP contribution in [0.15, 0.2) is 42.5 Å². The minimum atomic E-state index is -0.396. The van der Waals surface area contributed by atoms with Gasteiger partial charge in [0.25, 0.3) is 5.91 Å². The van der Waals surface area contributed by atoms with Crippen LogP contribution in [0, 0.1) is 0 Å². The third-order valence-corrected chi connectivity index (χ3v) is 4.67. The SMILES string of the molecule is CCCOC(=O)c1cc(NC(=O)c2cccc(OCC)c2)ccc1N1CCOCC1. The molecule has 0 saturated carbocycles. The Labute approximate surface area is 176 Å². The number of esters is 1. The van der Waals surface area contributed by atoms with Crippen molar-refractivity contribution >= 4 is 23.3 Å². The first-order valence-corrected chi connectivity index (χ1v) is 10.3. The number of nitrogens with one attached hydrogen (secondary N) is 1. The third-order valence-electron chi connectivity index (χ3n) is 4.67. The predicted octanol–water partition coefficient (Wildman–Crippen LogP) is 3.74. The van der Waals surface area contributed by atoms with E-state index in [4.69, 9.17) is 14.2 Å². The highest BCUT2D eigenvalue weighted by molar-refractivity contribution is 6.05. The Kier molecular flexibility index (Phi) is 7.68. The lowest BCUT2D eigenvalue weighted by Gasteiger charge is -2.30. The summed E-state index contributed by atoms with van der Waals surface area (Å²) in [6.07, 6.45) is 0.741. The quantitative estimate of drug-likeness (QED) is 0.666. The molecule has 0 aromatic heterocycles. The monoisotopic (exact) mass is 412 g/mol. The molecule has 1 heterocycles. The highest BCUT2D eigenvalue weighted by Gasteiger charge is 2.21. The molecule has 1 fully saturated rings. The molecule has 0 bridgehead atoms. The van der Waals surface area contributed by atoms with Gasteiger partial charge in [-0.3, -0.25) is 4.79 Å². The van der Waals surface area contributed by atoms with E-state index < -0.39 is 5.97 Å². The lowest BCUT2D eigenvalue weighted by Crippen LogP contribution is -2.37. The zero-order chi connectivity index (χ0) is 21.3. The molecule has 1 N–H and O–H groups in total. The van der Waals surface area contributed by atoms with Gasteiger partial charge in [0, 0.05) is 24.3 Å². The van der Waals surface area contributed by atoms with Gasteiger partial charge in [0.15, 0.2) is 0 Å². The van der Waals surface area contributed by atoms with Gasteiger partial charge in [-0.05, 0) is 49.7 Å². The smallest absolute Gasteiger partial charge is 0.340 e. The first-order valence-electron chi connectivity index (χ1n) is 10.3. The molecule has 30 heavy (non-hydrogen) atoms. The van der Waals surface area contributed by atoms with Gasteiger partial charge >= 0.3 is 5.97 Å². The molecule has 1 saturated heterocycles. The van der Waals surface area contributed by atoms with Gasteiger partial charge in [-0.15, -0.1) is 0 Å². The molecule has 0 aliphatic carbocycles. The van der Waals surface area contributed by atoms with E-state index in [1.165, 1.54) is 0 Å². The largest absolute Gasteiger partial charge is 0.494 e. The number of amides is 1. The van der Waals surface area contributed by atoms with Crippen LogP contribution in [0.5, 0.6) is 5.75 Å². The fraction of sp³-hybridized carbons (Fsp3) is 0.391. The maximum absolute atomic E-state index is 12.7. The van der Waals surface area contributed by atoms with Crippen molar-refractivity contribution in [3.8, 4) is 5.75 Å². The second kappa shape index (κ2) is 10.6. The minimum Gasteiger partial charge on any atom is -0.494 e. The molecule has 7 nitrogen and oxygen atoms in total. The van der Waals surface area contributed by atoms with Gasteiger partial charge in [0.2, 0.25) is 0 Å². The van der Waals surface area contributed by atoms with Crippen molar-refractivity contribution in [2.45, 2.75) is 20.3 Å². The zero-order valence-corrected chi connectivity index (χ0v) is 17.5. The van der Waals surface area contributed by atoms with Crippen LogP contribution in [0.4, 0.5) is 11.4 Å². The first-order chi connectivity index (χ1) is 14.6. The van der Waals surface area contributed by atoms with Gasteiger partial charge < -0.3 is 24.4 Å². The summed E-state index contributed by atoms with van der Waals surface area (Å²) in [5.74, 6) is -0.0343. The highest BCUT2D eigenvalue weighted by atomic mass is 16.5. The van der Waals surface area contributed by atoms with Crippen LogP contribution in [0.3, 0.4) is 0 Å². The van der Waals surface area contributed by atoms with Crippen LogP contribution in [-0.2, 0) is 9.47 Å². The number of morpholine rings is 1. The summed E-state index contributed by atoms with van der Waals surface area (Å²) in [5, 5.41) is 2.86. The number of carbonyl (C=O) groups is 2.